The standard InChI is InChI=1S/C13H15NSi/c1-15(2,3)9-5-8-12-6-4-7-13(10-12)11-14/h4,6-7,10H,9H2,1-3H3. The minimum atomic E-state index is -1.07. The maximum atomic E-state index is 8.73. The quantitative estimate of drug-likeness (QED) is 0.519. The fourth-order valence-electron chi connectivity index (χ4n) is 1.08. The van der Waals surface area contributed by atoms with Gasteiger partial charge in [0.15, 0.2) is 0 Å². The second kappa shape index (κ2) is 4.82. The van der Waals surface area contributed by atoms with Gasteiger partial charge < -0.3 is 0 Å². The molecule has 0 aliphatic rings. The highest BCUT2D eigenvalue weighted by atomic mass is 28.3. The van der Waals surface area contributed by atoms with E-state index in [0.717, 1.165) is 11.6 Å². The van der Waals surface area contributed by atoms with Crippen molar-refractivity contribution in [3.63, 3.8) is 0 Å². The summed E-state index contributed by atoms with van der Waals surface area (Å²) in [7, 11) is -1.07. The molecule has 0 spiro atoms. The zero-order chi connectivity index (χ0) is 11.3. The molecule has 0 atom stereocenters. The molecule has 0 bridgehead atoms. The Balaban J connectivity index is 2.77. The predicted octanol–water partition coefficient (Wildman–Crippen LogP) is 3.25. The second-order valence-electron chi connectivity index (χ2n) is 4.73. The molecule has 0 heterocycles. The van der Waals surface area contributed by atoms with Crippen LogP contribution in [0.3, 0.4) is 0 Å². The van der Waals surface area contributed by atoms with Crippen molar-refractivity contribution in [3.8, 4) is 17.9 Å². The normalized spacial score (nSPS) is 10.0. The topological polar surface area (TPSA) is 23.8 Å². The molecule has 1 nitrogen and oxygen atoms in total. The summed E-state index contributed by atoms with van der Waals surface area (Å²) in [4.78, 5) is 0. The number of nitrogens with zero attached hydrogens (tertiary/aromatic N) is 1. The molecule has 0 aliphatic heterocycles. The van der Waals surface area contributed by atoms with Gasteiger partial charge in [-0.15, -0.1) is 5.92 Å². The van der Waals surface area contributed by atoms with Crippen LogP contribution in [0.4, 0.5) is 0 Å². The molecule has 0 aliphatic carbocycles. The van der Waals surface area contributed by atoms with Crippen LogP contribution in [-0.4, -0.2) is 8.07 Å². The number of benzene rings is 1. The fourth-order valence-corrected chi connectivity index (χ4v) is 1.70. The fraction of sp³-hybridized carbons (Fsp3) is 0.308. The Hall–Kier alpha value is -1.51. The van der Waals surface area contributed by atoms with Crippen LogP contribution >= 0.6 is 0 Å². The van der Waals surface area contributed by atoms with E-state index in [1.807, 2.05) is 18.2 Å². The van der Waals surface area contributed by atoms with E-state index >= 15 is 0 Å². The van der Waals surface area contributed by atoms with Gasteiger partial charge in [-0.25, -0.2) is 0 Å². The molecule has 76 valence electrons. The molecule has 1 aromatic carbocycles. The third-order valence-electron chi connectivity index (χ3n) is 1.84. The van der Waals surface area contributed by atoms with Gasteiger partial charge in [-0.1, -0.05) is 31.6 Å². The number of nitriles is 1. The molecule has 1 aromatic rings. The van der Waals surface area contributed by atoms with Crippen molar-refractivity contribution in [2.45, 2.75) is 25.7 Å². The van der Waals surface area contributed by atoms with Crippen LogP contribution in [0.1, 0.15) is 11.1 Å². The van der Waals surface area contributed by atoms with Crippen molar-refractivity contribution in [2.75, 3.05) is 0 Å². The van der Waals surface area contributed by atoms with Crippen LogP contribution in [0.5, 0.6) is 0 Å². The summed E-state index contributed by atoms with van der Waals surface area (Å²) in [5.74, 6) is 6.30. The van der Waals surface area contributed by atoms with Crippen LogP contribution in [0, 0.1) is 23.2 Å². The molecule has 15 heavy (non-hydrogen) atoms. The minimum absolute atomic E-state index is 0.676. The van der Waals surface area contributed by atoms with Crippen LogP contribution in [0.2, 0.25) is 25.7 Å². The molecular formula is C13H15NSi. The number of rotatable bonds is 1. The molecule has 0 radical (unpaired) electrons. The van der Waals surface area contributed by atoms with E-state index in [1.165, 1.54) is 0 Å². The lowest BCUT2D eigenvalue weighted by molar-refractivity contribution is 1.47. The van der Waals surface area contributed by atoms with Gasteiger partial charge in [-0.2, -0.15) is 5.26 Å². The smallest absolute Gasteiger partial charge is 0.0992 e. The van der Waals surface area contributed by atoms with E-state index in [9.17, 15) is 0 Å². The molecule has 2 heteroatoms. The number of hydrogen-bond acceptors (Lipinski definition) is 1. The highest BCUT2D eigenvalue weighted by molar-refractivity contribution is 6.76. The van der Waals surface area contributed by atoms with Gasteiger partial charge in [-0.3, -0.25) is 0 Å². The van der Waals surface area contributed by atoms with Gasteiger partial charge in [0, 0.05) is 11.6 Å². The average molecular weight is 213 g/mol. The molecule has 1 rings (SSSR count). The van der Waals surface area contributed by atoms with E-state index < -0.39 is 8.07 Å². The van der Waals surface area contributed by atoms with Crippen molar-refractivity contribution >= 4 is 8.07 Å². The van der Waals surface area contributed by atoms with Crippen LogP contribution in [-0.2, 0) is 0 Å². The first kappa shape index (κ1) is 11.6. The van der Waals surface area contributed by atoms with Gasteiger partial charge in [0.05, 0.1) is 19.7 Å². The van der Waals surface area contributed by atoms with E-state index in [-0.39, 0.29) is 0 Å². The minimum Gasteiger partial charge on any atom is -0.192 e. The van der Waals surface area contributed by atoms with Crippen molar-refractivity contribution in [3.05, 3.63) is 35.4 Å². The summed E-state index contributed by atoms with van der Waals surface area (Å²) in [5, 5.41) is 8.73. The Morgan fingerprint density at radius 1 is 1.20 bits per heavy atom. The summed E-state index contributed by atoms with van der Waals surface area (Å²) >= 11 is 0. The lowest BCUT2D eigenvalue weighted by atomic mass is 10.1. The summed E-state index contributed by atoms with van der Waals surface area (Å²) in [6, 6.07) is 10.6. The molecule has 0 fully saturated rings. The largest absolute Gasteiger partial charge is 0.192 e. The predicted molar refractivity (Wildman–Crippen MR) is 66.2 cm³/mol. The van der Waals surface area contributed by atoms with E-state index in [1.54, 1.807) is 6.07 Å². The van der Waals surface area contributed by atoms with Gasteiger partial charge in [0.25, 0.3) is 0 Å². The molecule has 0 saturated heterocycles. The summed E-state index contributed by atoms with van der Waals surface area (Å²) in [6.45, 7) is 6.90. The average Bonchev–Trinajstić information content (AvgIpc) is 2.16. The first-order valence-corrected chi connectivity index (χ1v) is 8.71. The summed E-state index contributed by atoms with van der Waals surface area (Å²) in [6.07, 6.45) is 0. The van der Waals surface area contributed by atoms with Gasteiger partial charge >= 0.3 is 0 Å². The molecule has 0 unspecified atom stereocenters. The third-order valence-corrected chi connectivity index (χ3v) is 3.08. The Bertz CT molecular complexity index is 438. The highest BCUT2D eigenvalue weighted by Gasteiger charge is 2.09. The van der Waals surface area contributed by atoms with Gasteiger partial charge in [0.2, 0.25) is 0 Å². The first-order valence-electron chi connectivity index (χ1n) is 5.00. The molecule has 0 N–H and O–H groups in total. The number of hydrogen-bond donors (Lipinski definition) is 0. The Morgan fingerprint density at radius 2 is 1.87 bits per heavy atom. The van der Waals surface area contributed by atoms with Crippen molar-refractivity contribution < 1.29 is 0 Å². The molecule has 0 amide bonds. The molecular weight excluding hydrogens is 198 g/mol. The van der Waals surface area contributed by atoms with Crippen LogP contribution < -0.4 is 0 Å². The van der Waals surface area contributed by atoms with Crippen molar-refractivity contribution in [1.29, 1.82) is 5.26 Å². The van der Waals surface area contributed by atoms with Gasteiger partial charge in [0.1, 0.15) is 0 Å². The third kappa shape index (κ3) is 4.49. The van der Waals surface area contributed by atoms with Crippen LogP contribution in [0.15, 0.2) is 24.3 Å². The van der Waals surface area contributed by atoms with Crippen molar-refractivity contribution in [2.24, 2.45) is 0 Å². The Kier molecular flexibility index (Phi) is 3.72. The summed E-state index contributed by atoms with van der Waals surface area (Å²) in [5.41, 5.74) is 1.61. The summed E-state index contributed by atoms with van der Waals surface area (Å²) < 4.78 is 0. The van der Waals surface area contributed by atoms with Crippen molar-refractivity contribution in [1.82, 2.24) is 0 Å². The zero-order valence-corrected chi connectivity index (χ0v) is 10.5. The lowest BCUT2D eigenvalue weighted by Crippen LogP contribution is -2.17. The molecule has 0 saturated carbocycles. The lowest BCUT2D eigenvalue weighted by Gasteiger charge is -2.09. The van der Waals surface area contributed by atoms with E-state index in [2.05, 4.69) is 37.6 Å². The second-order valence-corrected chi connectivity index (χ2v) is 10.2. The maximum absolute atomic E-state index is 8.73. The first-order chi connectivity index (χ1) is 7.01. The van der Waals surface area contributed by atoms with E-state index in [4.69, 9.17) is 5.26 Å². The SMILES string of the molecule is C[Si](C)(C)CC#Cc1cccc(C#N)c1. The monoisotopic (exact) mass is 213 g/mol. The van der Waals surface area contributed by atoms with Gasteiger partial charge in [-0.05, 0) is 18.2 Å². The Labute approximate surface area is 92.8 Å². The van der Waals surface area contributed by atoms with E-state index in [0.29, 0.717) is 5.56 Å². The Morgan fingerprint density at radius 3 is 2.47 bits per heavy atom. The highest BCUT2D eigenvalue weighted by Crippen LogP contribution is 2.07. The molecule has 0 aromatic heterocycles. The maximum Gasteiger partial charge on any atom is 0.0992 e. The zero-order valence-electron chi connectivity index (χ0n) is 9.46. The van der Waals surface area contributed by atoms with Crippen LogP contribution in [0.25, 0.3) is 0 Å².